The number of hydrogen-bond acceptors (Lipinski definition) is 4. The SMILES string of the molecule is COC(=O)c1c[nH]c(=S)n(-c2ccccc2)c1=O. The highest BCUT2D eigenvalue weighted by atomic mass is 32.1. The fraction of sp³-hybridized carbons (Fsp3) is 0.0833. The van der Waals surface area contributed by atoms with E-state index < -0.39 is 11.5 Å². The minimum absolute atomic E-state index is 0.0880. The van der Waals surface area contributed by atoms with Gasteiger partial charge in [0.15, 0.2) is 4.77 Å². The van der Waals surface area contributed by atoms with Crippen LogP contribution in [0.25, 0.3) is 5.69 Å². The zero-order valence-corrected chi connectivity index (χ0v) is 10.4. The molecular weight excluding hydrogens is 252 g/mol. The van der Waals surface area contributed by atoms with E-state index in [1.807, 2.05) is 6.07 Å². The molecule has 0 saturated heterocycles. The molecule has 0 unspecified atom stereocenters. The molecule has 1 aromatic carbocycles. The number of hydrogen-bond donors (Lipinski definition) is 1. The largest absolute Gasteiger partial charge is 0.465 e. The minimum Gasteiger partial charge on any atom is -0.465 e. The zero-order valence-electron chi connectivity index (χ0n) is 9.54. The van der Waals surface area contributed by atoms with Gasteiger partial charge in [0.25, 0.3) is 5.56 Å². The van der Waals surface area contributed by atoms with Gasteiger partial charge in [-0.2, -0.15) is 0 Å². The minimum atomic E-state index is -0.698. The summed E-state index contributed by atoms with van der Waals surface area (Å²) in [7, 11) is 1.22. The van der Waals surface area contributed by atoms with E-state index in [-0.39, 0.29) is 10.3 Å². The van der Waals surface area contributed by atoms with Crippen LogP contribution >= 0.6 is 12.2 Å². The van der Waals surface area contributed by atoms with Gasteiger partial charge in [0.05, 0.1) is 12.8 Å². The molecule has 92 valence electrons. The van der Waals surface area contributed by atoms with Crippen LogP contribution in [-0.2, 0) is 4.74 Å². The molecule has 1 N–H and O–H groups in total. The standard InChI is InChI=1S/C12H10N2O3S/c1-17-11(16)9-7-13-12(18)14(10(9)15)8-5-3-2-4-6-8/h2-7H,1H3,(H,13,18). The molecule has 1 heterocycles. The Balaban J connectivity index is 2.73. The third kappa shape index (κ3) is 2.10. The number of H-pyrrole nitrogens is 1. The molecule has 0 atom stereocenters. The van der Waals surface area contributed by atoms with Gasteiger partial charge < -0.3 is 9.72 Å². The van der Waals surface area contributed by atoms with E-state index >= 15 is 0 Å². The number of nitrogens with zero attached hydrogens (tertiary/aromatic N) is 1. The van der Waals surface area contributed by atoms with E-state index in [2.05, 4.69) is 9.72 Å². The summed E-state index contributed by atoms with van der Waals surface area (Å²) >= 11 is 5.06. The summed E-state index contributed by atoms with van der Waals surface area (Å²) in [5.74, 6) is -0.698. The summed E-state index contributed by atoms with van der Waals surface area (Å²) < 4.78 is 6.01. The first kappa shape index (κ1) is 12.3. The number of benzene rings is 1. The van der Waals surface area contributed by atoms with Crippen LogP contribution in [0.15, 0.2) is 41.3 Å². The normalized spacial score (nSPS) is 10.1. The molecule has 0 amide bonds. The second-order valence-electron chi connectivity index (χ2n) is 3.48. The molecule has 18 heavy (non-hydrogen) atoms. The maximum Gasteiger partial charge on any atom is 0.345 e. The number of aromatic nitrogens is 2. The lowest BCUT2D eigenvalue weighted by Crippen LogP contribution is -2.27. The monoisotopic (exact) mass is 262 g/mol. The fourth-order valence-electron chi connectivity index (χ4n) is 1.54. The van der Waals surface area contributed by atoms with E-state index in [1.54, 1.807) is 24.3 Å². The third-order valence-electron chi connectivity index (χ3n) is 2.40. The molecule has 5 nitrogen and oxygen atoms in total. The van der Waals surface area contributed by atoms with Crippen LogP contribution < -0.4 is 5.56 Å². The molecule has 0 bridgehead atoms. The molecule has 6 heteroatoms. The van der Waals surface area contributed by atoms with Crippen LogP contribution in [0.4, 0.5) is 0 Å². The molecule has 0 saturated carbocycles. The van der Waals surface area contributed by atoms with Crippen molar-refractivity contribution in [2.75, 3.05) is 7.11 Å². The highest BCUT2D eigenvalue weighted by Gasteiger charge is 2.14. The number of para-hydroxylation sites is 1. The topological polar surface area (TPSA) is 64.1 Å². The predicted molar refractivity (Wildman–Crippen MR) is 68.6 cm³/mol. The van der Waals surface area contributed by atoms with Crippen molar-refractivity contribution in [3.05, 3.63) is 57.2 Å². The Morgan fingerprint density at radius 3 is 2.61 bits per heavy atom. The quantitative estimate of drug-likeness (QED) is 0.660. The van der Waals surface area contributed by atoms with Crippen molar-refractivity contribution < 1.29 is 9.53 Å². The Hall–Kier alpha value is -2.21. The van der Waals surface area contributed by atoms with E-state index in [4.69, 9.17) is 12.2 Å². The van der Waals surface area contributed by atoms with E-state index in [9.17, 15) is 9.59 Å². The molecule has 0 aliphatic heterocycles. The molecule has 0 aliphatic rings. The Morgan fingerprint density at radius 2 is 2.00 bits per heavy atom. The van der Waals surface area contributed by atoms with Gasteiger partial charge in [0, 0.05) is 6.20 Å². The second-order valence-corrected chi connectivity index (χ2v) is 3.86. The lowest BCUT2D eigenvalue weighted by molar-refractivity contribution is 0.0597. The van der Waals surface area contributed by atoms with E-state index in [0.29, 0.717) is 5.69 Å². The zero-order chi connectivity index (χ0) is 13.1. The maximum absolute atomic E-state index is 12.2. The van der Waals surface area contributed by atoms with Crippen LogP contribution in [-0.4, -0.2) is 22.6 Å². The van der Waals surface area contributed by atoms with E-state index in [1.165, 1.54) is 17.9 Å². The van der Waals surface area contributed by atoms with Crippen molar-refractivity contribution >= 4 is 18.2 Å². The molecule has 0 aliphatic carbocycles. The Kier molecular flexibility index (Phi) is 3.38. The molecule has 2 rings (SSSR count). The van der Waals surface area contributed by atoms with Crippen LogP contribution in [0.1, 0.15) is 10.4 Å². The molecular formula is C12H10N2O3S. The number of carbonyl (C=O) groups excluding carboxylic acids is 1. The van der Waals surface area contributed by atoms with Crippen molar-refractivity contribution in [3.8, 4) is 5.69 Å². The average molecular weight is 262 g/mol. The molecule has 2 aromatic rings. The highest BCUT2D eigenvalue weighted by Crippen LogP contribution is 2.05. The number of carbonyl (C=O) groups is 1. The summed E-state index contributed by atoms with van der Waals surface area (Å²) in [6.45, 7) is 0. The Labute approximate surface area is 108 Å². The lowest BCUT2D eigenvalue weighted by Gasteiger charge is -2.07. The lowest BCUT2D eigenvalue weighted by atomic mass is 10.3. The highest BCUT2D eigenvalue weighted by molar-refractivity contribution is 7.71. The molecule has 0 fully saturated rings. The number of aromatic amines is 1. The Morgan fingerprint density at radius 1 is 1.33 bits per heavy atom. The number of esters is 1. The van der Waals surface area contributed by atoms with Gasteiger partial charge in [-0.3, -0.25) is 9.36 Å². The van der Waals surface area contributed by atoms with Gasteiger partial charge in [-0.15, -0.1) is 0 Å². The van der Waals surface area contributed by atoms with Crippen LogP contribution in [0, 0.1) is 4.77 Å². The number of nitrogens with one attached hydrogen (secondary N) is 1. The van der Waals surface area contributed by atoms with Gasteiger partial charge in [0.1, 0.15) is 5.56 Å². The summed E-state index contributed by atoms with van der Waals surface area (Å²) in [5, 5.41) is 0. The molecule has 0 spiro atoms. The third-order valence-corrected chi connectivity index (χ3v) is 2.70. The van der Waals surface area contributed by atoms with Crippen LogP contribution in [0.2, 0.25) is 0 Å². The van der Waals surface area contributed by atoms with Crippen molar-refractivity contribution in [1.29, 1.82) is 0 Å². The smallest absolute Gasteiger partial charge is 0.345 e. The van der Waals surface area contributed by atoms with Crippen LogP contribution in [0.3, 0.4) is 0 Å². The van der Waals surface area contributed by atoms with Gasteiger partial charge in [-0.1, -0.05) is 18.2 Å². The van der Waals surface area contributed by atoms with Crippen LogP contribution in [0.5, 0.6) is 0 Å². The second kappa shape index (κ2) is 4.97. The van der Waals surface area contributed by atoms with Gasteiger partial charge in [-0.25, -0.2) is 4.79 Å². The Bertz CT molecular complexity index is 688. The van der Waals surface area contributed by atoms with Crippen molar-refractivity contribution in [2.24, 2.45) is 0 Å². The predicted octanol–water partition coefficient (Wildman–Crippen LogP) is 1.68. The van der Waals surface area contributed by atoms with Crippen molar-refractivity contribution in [3.63, 3.8) is 0 Å². The molecule has 0 radical (unpaired) electrons. The van der Waals surface area contributed by atoms with Gasteiger partial charge in [0.2, 0.25) is 0 Å². The fourth-order valence-corrected chi connectivity index (χ4v) is 1.79. The summed E-state index contributed by atoms with van der Waals surface area (Å²) in [6, 6.07) is 8.84. The number of methoxy groups -OCH3 is 1. The first-order valence-electron chi connectivity index (χ1n) is 5.13. The van der Waals surface area contributed by atoms with E-state index in [0.717, 1.165) is 0 Å². The maximum atomic E-state index is 12.2. The van der Waals surface area contributed by atoms with Gasteiger partial charge in [-0.05, 0) is 24.4 Å². The average Bonchev–Trinajstić information content (AvgIpc) is 2.39. The summed E-state index contributed by atoms with van der Waals surface area (Å²) in [5.41, 5.74) is 0.00116. The number of ether oxygens (including phenoxy) is 1. The van der Waals surface area contributed by atoms with Crippen molar-refractivity contribution in [1.82, 2.24) is 9.55 Å². The van der Waals surface area contributed by atoms with Crippen molar-refractivity contribution in [2.45, 2.75) is 0 Å². The summed E-state index contributed by atoms with van der Waals surface area (Å²) in [6.07, 6.45) is 1.26. The first-order valence-corrected chi connectivity index (χ1v) is 5.54. The first-order chi connectivity index (χ1) is 8.65. The van der Waals surface area contributed by atoms with Gasteiger partial charge >= 0.3 is 5.97 Å². The molecule has 1 aromatic heterocycles. The summed E-state index contributed by atoms with van der Waals surface area (Å²) in [4.78, 5) is 26.3. The number of rotatable bonds is 2.